The summed E-state index contributed by atoms with van der Waals surface area (Å²) in [5, 5.41) is 12.6. The summed E-state index contributed by atoms with van der Waals surface area (Å²) in [7, 11) is 0. The van der Waals surface area contributed by atoms with Gasteiger partial charge in [-0.2, -0.15) is 0 Å². The number of rotatable bonds is 5. The molecule has 0 amide bonds. The standard InChI is InChI=1S/C20H16O2S/c21-19(16-10-5-2-6-11-16)17(14-15-8-3-1-4-9-15)20(22)18-12-7-13-23-18/h1-14,20,22H/b17-14+. The summed E-state index contributed by atoms with van der Waals surface area (Å²) in [6.45, 7) is 0. The van der Waals surface area contributed by atoms with E-state index >= 15 is 0 Å². The van der Waals surface area contributed by atoms with Crippen molar-refractivity contribution in [1.29, 1.82) is 0 Å². The molecule has 0 radical (unpaired) electrons. The van der Waals surface area contributed by atoms with Crippen LogP contribution in [-0.2, 0) is 0 Å². The molecule has 3 heteroatoms. The van der Waals surface area contributed by atoms with Gasteiger partial charge in [-0.15, -0.1) is 11.3 Å². The summed E-state index contributed by atoms with van der Waals surface area (Å²) in [5.74, 6) is -0.157. The Hall–Kier alpha value is -2.49. The van der Waals surface area contributed by atoms with Crippen molar-refractivity contribution in [1.82, 2.24) is 0 Å². The quantitative estimate of drug-likeness (QED) is 0.544. The highest BCUT2D eigenvalue weighted by Crippen LogP contribution is 2.29. The Morgan fingerprint density at radius 1 is 0.913 bits per heavy atom. The molecule has 0 aliphatic carbocycles. The Kier molecular flexibility index (Phi) is 4.81. The molecule has 114 valence electrons. The van der Waals surface area contributed by atoms with Crippen LogP contribution in [0.25, 0.3) is 6.08 Å². The van der Waals surface area contributed by atoms with Gasteiger partial charge in [0.15, 0.2) is 5.78 Å². The van der Waals surface area contributed by atoms with E-state index in [1.165, 1.54) is 11.3 Å². The Morgan fingerprint density at radius 2 is 1.57 bits per heavy atom. The molecule has 3 rings (SSSR count). The second kappa shape index (κ2) is 7.18. The van der Waals surface area contributed by atoms with Crippen molar-refractivity contribution in [3.8, 4) is 0 Å². The molecule has 1 N–H and O–H groups in total. The molecule has 0 aliphatic heterocycles. The second-order valence-electron chi connectivity index (χ2n) is 5.12. The molecule has 1 aromatic heterocycles. The lowest BCUT2D eigenvalue weighted by Gasteiger charge is -2.13. The third-order valence-electron chi connectivity index (χ3n) is 3.53. The molecule has 2 nitrogen and oxygen atoms in total. The number of aliphatic hydroxyl groups is 1. The highest BCUT2D eigenvalue weighted by Gasteiger charge is 2.22. The van der Waals surface area contributed by atoms with Crippen LogP contribution in [0.2, 0.25) is 0 Å². The van der Waals surface area contributed by atoms with Gasteiger partial charge in [0.1, 0.15) is 6.10 Å². The van der Waals surface area contributed by atoms with Gasteiger partial charge < -0.3 is 5.11 Å². The zero-order chi connectivity index (χ0) is 16.1. The van der Waals surface area contributed by atoms with E-state index in [1.807, 2.05) is 66.0 Å². The lowest BCUT2D eigenvalue weighted by Crippen LogP contribution is -2.11. The number of carbonyl (C=O) groups is 1. The van der Waals surface area contributed by atoms with Gasteiger partial charge in [-0.3, -0.25) is 4.79 Å². The number of carbonyl (C=O) groups excluding carboxylic acids is 1. The molecule has 0 bridgehead atoms. The first-order valence-corrected chi connectivity index (χ1v) is 8.21. The van der Waals surface area contributed by atoms with E-state index in [2.05, 4.69) is 0 Å². The van der Waals surface area contributed by atoms with Crippen LogP contribution < -0.4 is 0 Å². The van der Waals surface area contributed by atoms with E-state index in [0.29, 0.717) is 11.1 Å². The van der Waals surface area contributed by atoms with Crippen LogP contribution in [0, 0.1) is 0 Å². The van der Waals surface area contributed by atoms with Gasteiger partial charge in [0.2, 0.25) is 0 Å². The van der Waals surface area contributed by atoms with Crippen LogP contribution >= 0.6 is 11.3 Å². The van der Waals surface area contributed by atoms with E-state index in [1.54, 1.807) is 18.2 Å². The lowest BCUT2D eigenvalue weighted by molar-refractivity contribution is 0.0991. The first-order chi connectivity index (χ1) is 11.3. The number of aliphatic hydroxyl groups excluding tert-OH is 1. The molecular formula is C20H16O2S. The number of Topliss-reactive ketones (excluding diaryl/α,β-unsaturated/α-hetero) is 1. The number of benzene rings is 2. The van der Waals surface area contributed by atoms with Crippen LogP contribution in [0.15, 0.2) is 83.7 Å². The van der Waals surface area contributed by atoms with Gasteiger partial charge in [0.05, 0.1) is 0 Å². The average molecular weight is 320 g/mol. The highest BCUT2D eigenvalue weighted by molar-refractivity contribution is 7.10. The molecule has 1 unspecified atom stereocenters. The first-order valence-electron chi connectivity index (χ1n) is 7.33. The van der Waals surface area contributed by atoms with Crippen molar-refractivity contribution in [2.24, 2.45) is 0 Å². The second-order valence-corrected chi connectivity index (χ2v) is 6.10. The number of hydrogen-bond acceptors (Lipinski definition) is 3. The van der Waals surface area contributed by atoms with Crippen molar-refractivity contribution in [2.75, 3.05) is 0 Å². The molecular weight excluding hydrogens is 304 g/mol. The van der Waals surface area contributed by atoms with Gasteiger partial charge >= 0.3 is 0 Å². The van der Waals surface area contributed by atoms with Gasteiger partial charge in [0, 0.05) is 16.0 Å². The van der Waals surface area contributed by atoms with E-state index < -0.39 is 6.10 Å². The maximum atomic E-state index is 12.9. The summed E-state index contributed by atoms with van der Waals surface area (Å²) in [5.41, 5.74) is 1.84. The maximum absolute atomic E-state index is 12.9. The molecule has 1 heterocycles. The topological polar surface area (TPSA) is 37.3 Å². The fraction of sp³-hybridized carbons (Fsp3) is 0.0500. The van der Waals surface area contributed by atoms with Gasteiger partial charge in [-0.1, -0.05) is 66.7 Å². The molecule has 0 spiro atoms. The fourth-order valence-corrected chi connectivity index (χ4v) is 3.08. The van der Waals surface area contributed by atoms with E-state index in [0.717, 1.165) is 10.4 Å². The molecule has 1 atom stereocenters. The molecule has 0 saturated carbocycles. The SMILES string of the molecule is O=C(/C(=C\c1ccccc1)C(O)c1cccs1)c1ccccc1. The summed E-state index contributed by atoms with van der Waals surface area (Å²) in [4.78, 5) is 13.6. The fourth-order valence-electron chi connectivity index (χ4n) is 2.35. The highest BCUT2D eigenvalue weighted by atomic mass is 32.1. The Morgan fingerprint density at radius 3 is 2.17 bits per heavy atom. The van der Waals surface area contributed by atoms with Gasteiger partial charge in [-0.25, -0.2) is 0 Å². The Labute approximate surface area is 139 Å². The van der Waals surface area contributed by atoms with Gasteiger partial charge in [-0.05, 0) is 23.1 Å². The van der Waals surface area contributed by atoms with Crippen LogP contribution in [0.3, 0.4) is 0 Å². The minimum absolute atomic E-state index is 0.157. The van der Waals surface area contributed by atoms with E-state index in [-0.39, 0.29) is 5.78 Å². The summed E-state index contributed by atoms with van der Waals surface area (Å²) >= 11 is 1.44. The van der Waals surface area contributed by atoms with E-state index in [9.17, 15) is 9.90 Å². The summed E-state index contributed by atoms with van der Waals surface area (Å²) < 4.78 is 0. The average Bonchev–Trinajstić information content (AvgIpc) is 3.15. The molecule has 23 heavy (non-hydrogen) atoms. The zero-order valence-electron chi connectivity index (χ0n) is 12.4. The minimum Gasteiger partial charge on any atom is -0.383 e. The van der Waals surface area contributed by atoms with Crippen LogP contribution in [-0.4, -0.2) is 10.9 Å². The predicted molar refractivity (Wildman–Crippen MR) is 94.5 cm³/mol. The Bertz CT molecular complexity index is 790. The largest absolute Gasteiger partial charge is 0.383 e. The first kappa shape index (κ1) is 15.4. The zero-order valence-corrected chi connectivity index (χ0v) is 13.2. The maximum Gasteiger partial charge on any atom is 0.192 e. The van der Waals surface area contributed by atoms with Crippen LogP contribution in [0.5, 0.6) is 0 Å². The Balaban J connectivity index is 2.03. The number of hydrogen-bond donors (Lipinski definition) is 1. The van der Waals surface area contributed by atoms with Crippen LogP contribution in [0.4, 0.5) is 0 Å². The normalized spacial score (nSPS) is 12.8. The molecule has 0 saturated heterocycles. The summed E-state index contributed by atoms with van der Waals surface area (Å²) in [6, 6.07) is 22.3. The van der Waals surface area contributed by atoms with Crippen molar-refractivity contribution in [3.05, 3.63) is 99.8 Å². The lowest BCUT2D eigenvalue weighted by atomic mass is 9.96. The van der Waals surface area contributed by atoms with Crippen molar-refractivity contribution in [3.63, 3.8) is 0 Å². The smallest absolute Gasteiger partial charge is 0.192 e. The summed E-state index contributed by atoms with van der Waals surface area (Å²) in [6.07, 6.45) is 0.836. The molecule has 2 aromatic carbocycles. The molecule has 0 aliphatic rings. The van der Waals surface area contributed by atoms with E-state index in [4.69, 9.17) is 0 Å². The third kappa shape index (κ3) is 3.65. The molecule has 3 aromatic rings. The number of thiophene rings is 1. The monoisotopic (exact) mass is 320 g/mol. The molecule has 0 fully saturated rings. The van der Waals surface area contributed by atoms with Crippen molar-refractivity contribution < 1.29 is 9.90 Å². The van der Waals surface area contributed by atoms with Crippen molar-refractivity contribution in [2.45, 2.75) is 6.10 Å². The number of ketones is 1. The van der Waals surface area contributed by atoms with Gasteiger partial charge in [0.25, 0.3) is 0 Å². The minimum atomic E-state index is -0.928. The van der Waals surface area contributed by atoms with Crippen LogP contribution in [0.1, 0.15) is 26.9 Å². The third-order valence-corrected chi connectivity index (χ3v) is 4.45. The predicted octanol–water partition coefficient (Wildman–Crippen LogP) is 4.75. The van der Waals surface area contributed by atoms with Crippen molar-refractivity contribution >= 4 is 23.2 Å².